The molecule has 2 rings (SSSR count). The zero-order valence-electron chi connectivity index (χ0n) is 14.5. The first-order valence-electron chi connectivity index (χ1n) is 8.74. The highest BCUT2D eigenvalue weighted by Crippen LogP contribution is 2.31. The summed E-state index contributed by atoms with van der Waals surface area (Å²) in [5.41, 5.74) is 0.980. The molecular weight excluding hydrogens is 306 g/mol. The number of carboxylic acids is 1. The number of rotatable bonds is 7. The summed E-state index contributed by atoms with van der Waals surface area (Å²) >= 11 is 0. The topological polar surface area (TPSA) is 75.6 Å². The van der Waals surface area contributed by atoms with E-state index in [1.807, 2.05) is 19.1 Å². The number of benzene rings is 1. The second kappa shape index (κ2) is 8.71. The zero-order chi connectivity index (χ0) is 17.5. The van der Waals surface area contributed by atoms with E-state index in [1.54, 1.807) is 12.1 Å². The first-order chi connectivity index (χ1) is 11.5. The molecule has 1 atom stereocenters. The monoisotopic (exact) mass is 333 g/mol. The maximum Gasteiger partial charge on any atom is 0.341 e. The van der Waals surface area contributed by atoms with E-state index in [2.05, 4.69) is 12.2 Å². The average Bonchev–Trinajstić information content (AvgIpc) is 2.60. The van der Waals surface area contributed by atoms with E-state index in [4.69, 9.17) is 9.84 Å². The number of carbonyl (C=O) groups excluding carboxylic acids is 1. The van der Waals surface area contributed by atoms with E-state index in [-0.39, 0.29) is 24.5 Å². The molecule has 1 unspecified atom stereocenters. The normalized spacial score (nSPS) is 21.8. The second-order valence-electron chi connectivity index (χ2n) is 6.61. The molecule has 0 heterocycles. The van der Waals surface area contributed by atoms with Gasteiger partial charge in [0.15, 0.2) is 6.61 Å². The number of amides is 1. The molecule has 1 aliphatic rings. The van der Waals surface area contributed by atoms with Crippen LogP contribution in [0.25, 0.3) is 0 Å². The summed E-state index contributed by atoms with van der Waals surface area (Å²) in [5, 5.41) is 11.7. The van der Waals surface area contributed by atoms with Crippen molar-refractivity contribution in [2.45, 2.75) is 52.0 Å². The van der Waals surface area contributed by atoms with Gasteiger partial charge in [0, 0.05) is 5.92 Å². The summed E-state index contributed by atoms with van der Waals surface area (Å²) in [6.45, 7) is 3.83. The van der Waals surface area contributed by atoms with Crippen molar-refractivity contribution in [2.24, 2.45) is 11.8 Å². The highest BCUT2D eigenvalue weighted by Gasteiger charge is 2.26. The van der Waals surface area contributed by atoms with Crippen LogP contribution in [0.15, 0.2) is 24.3 Å². The fourth-order valence-electron chi connectivity index (χ4n) is 3.25. The maximum atomic E-state index is 12.4. The first-order valence-corrected chi connectivity index (χ1v) is 8.74. The number of nitrogens with one attached hydrogen (secondary N) is 1. The van der Waals surface area contributed by atoms with Gasteiger partial charge in [0.2, 0.25) is 5.91 Å². The predicted molar refractivity (Wildman–Crippen MR) is 91.9 cm³/mol. The van der Waals surface area contributed by atoms with Crippen LogP contribution in [0.2, 0.25) is 0 Å². The van der Waals surface area contributed by atoms with Crippen molar-refractivity contribution in [3.05, 3.63) is 29.8 Å². The first kappa shape index (κ1) is 18.3. The second-order valence-corrected chi connectivity index (χ2v) is 6.61. The lowest BCUT2D eigenvalue weighted by Gasteiger charge is -2.28. The Morgan fingerprint density at radius 1 is 1.21 bits per heavy atom. The number of carbonyl (C=O) groups is 2. The fourth-order valence-corrected chi connectivity index (χ4v) is 3.25. The molecule has 0 aliphatic heterocycles. The molecule has 5 nitrogen and oxygen atoms in total. The van der Waals surface area contributed by atoms with E-state index >= 15 is 0 Å². The van der Waals surface area contributed by atoms with Crippen LogP contribution in [-0.2, 0) is 9.59 Å². The van der Waals surface area contributed by atoms with Crippen molar-refractivity contribution in [2.75, 3.05) is 6.61 Å². The van der Waals surface area contributed by atoms with Crippen LogP contribution in [0.3, 0.4) is 0 Å². The molecule has 1 aromatic rings. The minimum Gasteiger partial charge on any atom is -0.482 e. The molecule has 0 aromatic heterocycles. The standard InChI is InChI=1S/C19H27NO4/c1-3-14-4-6-16(7-5-14)19(23)20-13(2)15-8-10-17(11-9-15)24-12-18(21)22/h8-11,13-14,16H,3-7,12H2,1-2H3,(H,20,23)(H,21,22). The van der Waals surface area contributed by atoms with Gasteiger partial charge in [-0.3, -0.25) is 4.79 Å². The Hall–Kier alpha value is -2.04. The Balaban J connectivity index is 1.84. The third kappa shape index (κ3) is 5.25. The molecule has 132 valence electrons. The Morgan fingerprint density at radius 3 is 2.38 bits per heavy atom. The molecule has 1 fully saturated rings. The molecule has 0 spiro atoms. The van der Waals surface area contributed by atoms with Crippen molar-refractivity contribution >= 4 is 11.9 Å². The molecule has 1 aromatic carbocycles. The minimum absolute atomic E-state index is 0.0741. The number of hydrogen-bond acceptors (Lipinski definition) is 3. The summed E-state index contributed by atoms with van der Waals surface area (Å²) in [6.07, 6.45) is 5.48. The van der Waals surface area contributed by atoms with Gasteiger partial charge in [-0.25, -0.2) is 4.79 Å². The minimum atomic E-state index is -1.00. The maximum absolute atomic E-state index is 12.4. The third-order valence-corrected chi connectivity index (χ3v) is 4.90. The van der Waals surface area contributed by atoms with Gasteiger partial charge in [-0.2, -0.15) is 0 Å². The lowest BCUT2D eigenvalue weighted by Crippen LogP contribution is -2.34. The molecule has 0 bridgehead atoms. The van der Waals surface area contributed by atoms with Gasteiger partial charge in [0.05, 0.1) is 6.04 Å². The van der Waals surface area contributed by atoms with Gasteiger partial charge in [-0.05, 0) is 56.2 Å². The number of ether oxygens (including phenoxy) is 1. The smallest absolute Gasteiger partial charge is 0.341 e. The summed E-state index contributed by atoms with van der Waals surface area (Å²) in [6, 6.07) is 7.10. The fraction of sp³-hybridized carbons (Fsp3) is 0.579. The Kier molecular flexibility index (Phi) is 6.64. The van der Waals surface area contributed by atoms with Crippen LogP contribution in [0.5, 0.6) is 5.75 Å². The van der Waals surface area contributed by atoms with Gasteiger partial charge >= 0.3 is 5.97 Å². The molecule has 5 heteroatoms. The molecule has 1 amide bonds. The lowest BCUT2D eigenvalue weighted by atomic mass is 9.80. The lowest BCUT2D eigenvalue weighted by molar-refractivity contribution is -0.139. The molecule has 0 saturated heterocycles. The number of carboxylic acid groups (broad SMARTS) is 1. The van der Waals surface area contributed by atoms with Gasteiger partial charge in [0.1, 0.15) is 5.75 Å². The average molecular weight is 333 g/mol. The number of hydrogen-bond donors (Lipinski definition) is 2. The Labute approximate surface area is 143 Å². The number of aliphatic carboxylic acids is 1. The highest BCUT2D eigenvalue weighted by molar-refractivity contribution is 5.79. The van der Waals surface area contributed by atoms with Gasteiger partial charge in [-0.15, -0.1) is 0 Å². The molecule has 2 N–H and O–H groups in total. The van der Waals surface area contributed by atoms with Crippen molar-refractivity contribution < 1.29 is 19.4 Å². The van der Waals surface area contributed by atoms with E-state index < -0.39 is 5.97 Å². The zero-order valence-corrected chi connectivity index (χ0v) is 14.5. The van der Waals surface area contributed by atoms with Crippen molar-refractivity contribution in [1.82, 2.24) is 5.32 Å². The summed E-state index contributed by atoms with van der Waals surface area (Å²) in [5.74, 6) is 0.566. The Bertz CT molecular complexity index is 547. The van der Waals surface area contributed by atoms with Crippen molar-refractivity contribution in [1.29, 1.82) is 0 Å². The summed E-state index contributed by atoms with van der Waals surface area (Å²) in [7, 11) is 0. The van der Waals surface area contributed by atoms with Gasteiger partial charge in [0.25, 0.3) is 0 Å². The van der Waals surface area contributed by atoms with Crippen LogP contribution in [-0.4, -0.2) is 23.6 Å². The van der Waals surface area contributed by atoms with Crippen molar-refractivity contribution in [3.8, 4) is 5.75 Å². The quantitative estimate of drug-likeness (QED) is 0.800. The van der Waals surface area contributed by atoms with Crippen molar-refractivity contribution in [3.63, 3.8) is 0 Å². The van der Waals surface area contributed by atoms with E-state index in [1.165, 1.54) is 6.42 Å². The van der Waals surface area contributed by atoms with E-state index in [0.29, 0.717) is 5.75 Å². The molecular formula is C19H27NO4. The predicted octanol–water partition coefficient (Wildman–Crippen LogP) is 3.54. The van der Waals surface area contributed by atoms with Gasteiger partial charge in [-0.1, -0.05) is 25.5 Å². The van der Waals surface area contributed by atoms with Crippen LogP contribution in [0, 0.1) is 11.8 Å². The van der Waals surface area contributed by atoms with Gasteiger partial charge < -0.3 is 15.2 Å². The molecule has 24 heavy (non-hydrogen) atoms. The SMILES string of the molecule is CCC1CCC(C(=O)NC(C)c2ccc(OCC(=O)O)cc2)CC1. The molecule has 1 aliphatic carbocycles. The third-order valence-electron chi connectivity index (χ3n) is 4.90. The van der Waals surface area contributed by atoms with E-state index in [0.717, 1.165) is 37.2 Å². The van der Waals surface area contributed by atoms with E-state index in [9.17, 15) is 9.59 Å². The molecule has 1 saturated carbocycles. The Morgan fingerprint density at radius 2 is 1.83 bits per heavy atom. The van der Waals surface area contributed by atoms with Crippen LogP contribution >= 0.6 is 0 Å². The molecule has 0 radical (unpaired) electrons. The largest absolute Gasteiger partial charge is 0.482 e. The van der Waals surface area contributed by atoms with Crippen LogP contribution in [0.4, 0.5) is 0 Å². The van der Waals surface area contributed by atoms with Crippen LogP contribution in [0.1, 0.15) is 57.6 Å². The highest BCUT2D eigenvalue weighted by atomic mass is 16.5. The van der Waals surface area contributed by atoms with Crippen LogP contribution < -0.4 is 10.1 Å². The summed E-state index contributed by atoms with van der Waals surface area (Å²) in [4.78, 5) is 22.9. The summed E-state index contributed by atoms with van der Waals surface area (Å²) < 4.78 is 5.11.